The van der Waals surface area contributed by atoms with Crippen molar-refractivity contribution in [1.29, 1.82) is 10.5 Å². The third-order valence-electron chi connectivity index (χ3n) is 12.2. The monoisotopic (exact) mass is 819 g/mol. The SMILES string of the molecule is [C-]#[N+]c1cc(-c2ccccc2)cc(C#N)c1N(c1cc(C)cc(C)c1)c1ccc2ccc3c(N(c4cc(C)cc(C)c4)c4ccc(-c5ccccc5)cc4C#N)ccc4ccc1c2c43. The van der Waals surface area contributed by atoms with Crippen molar-refractivity contribution in [3.63, 3.8) is 0 Å². The lowest BCUT2D eigenvalue weighted by Gasteiger charge is -2.31. The molecule has 0 aromatic heterocycles. The molecule has 0 radical (unpaired) electrons. The van der Waals surface area contributed by atoms with Crippen LogP contribution in [0.4, 0.5) is 39.8 Å². The molecule has 0 aliphatic carbocycles. The molecule has 10 rings (SSSR count). The van der Waals surface area contributed by atoms with Crippen LogP contribution in [-0.4, -0.2) is 0 Å². The molecule has 0 saturated heterocycles. The highest BCUT2D eigenvalue weighted by atomic mass is 15.2. The van der Waals surface area contributed by atoms with Crippen LogP contribution in [-0.2, 0) is 0 Å². The Morgan fingerprint density at radius 3 is 1.39 bits per heavy atom. The summed E-state index contributed by atoms with van der Waals surface area (Å²) in [6.45, 7) is 16.9. The quantitative estimate of drug-likeness (QED) is 0.113. The fourth-order valence-corrected chi connectivity index (χ4v) is 9.57. The van der Waals surface area contributed by atoms with Crippen LogP contribution in [0.25, 0.3) is 59.4 Å². The first-order valence-corrected chi connectivity index (χ1v) is 21.3. The molecule has 10 aromatic carbocycles. The first-order chi connectivity index (χ1) is 31.2. The third-order valence-corrected chi connectivity index (χ3v) is 12.2. The van der Waals surface area contributed by atoms with E-state index in [-0.39, 0.29) is 0 Å². The van der Waals surface area contributed by atoms with E-state index in [0.29, 0.717) is 22.5 Å². The maximum absolute atomic E-state index is 10.9. The van der Waals surface area contributed by atoms with Crippen LogP contribution in [0.5, 0.6) is 0 Å². The molecule has 0 saturated carbocycles. The second-order valence-corrected chi connectivity index (χ2v) is 16.6. The Balaban J connectivity index is 1.24. The summed E-state index contributed by atoms with van der Waals surface area (Å²) < 4.78 is 0. The molecule has 0 bridgehead atoms. The Hall–Kier alpha value is -8.69. The lowest BCUT2D eigenvalue weighted by atomic mass is 9.91. The molecule has 0 N–H and O–H groups in total. The van der Waals surface area contributed by atoms with Crippen molar-refractivity contribution in [2.75, 3.05) is 9.80 Å². The van der Waals surface area contributed by atoms with Gasteiger partial charge >= 0.3 is 0 Å². The lowest BCUT2D eigenvalue weighted by Crippen LogP contribution is -2.14. The molecular weight excluding hydrogens is 779 g/mol. The van der Waals surface area contributed by atoms with Gasteiger partial charge in [0.2, 0.25) is 5.69 Å². The van der Waals surface area contributed by atoms with Gasteiger partial charge in [-0.1, -0.05) is 115 Å². The topological polar surface area (TPSA) is 58.4 Å². The molecule has 0 unspecified atom stereocenters. The van der Waals surface area contributed by atoms with E-state index in [2.05, 4.69) is 164 Å². The van der Waals surface area contributed by atoms with Crippen molar-refractivity contribution in [2.24, 2.45) is 0 Å². The van der Waals surface area contributed by atoms with Crippen LogP contribution < -0.4 is 9.80 Å². The molecule has 10 aromatic rings. The minimum atomic E-state index is 0.390. The van der Waals surface area contributed by atoms with E-state index in [1.807, 2.05) is 66.7 Å². The van der Waals surface area contributed by atoms with E-state index < -0.39 is 0 Å². The molecule has 64 heavy (non-hydrogen) atoms. The van der Waals surface area contributed by atoms with Gasteiger partial charge in [-0.3, -0.25) is 0 Å². The highest BCUT2D eigenvalue weighted by Gasteiger charge is 2.26. The van der Waals surface area contributed by atoms with Crippen LogP contribution in [0.1, 0.15) is 33.4 Å². The zero-order chi connectivity index (χ0) is 44.1. The first kappa shape index (κ1) is 39.4. The summed E-state index contributed by atoms with van der Waals surface area (Å²) in [4.78, 5) is 8.46. The van der Waals surface area contributed by atoms with Gasteiger partial charge in [0.05, 0.1) is 46.5 Å². The van der Waals surface area contributed by atoms with Crippen LogP contribution in [0.15, 0.2) is 176 Å². The van der Waals surface area contributed by atoms with Crippen molar-refractivity contribution in [2.45, 2.75) is 27.7 Å². The van der Waals surface area contributed by atoms with Gasteiger partial charge in [0, 0.05) is 22.1 Å². The molecule has 0 amide bonds. The number of benzene rings is 10. The summed E-state index contributed by atoms with van der Waals surface area (Å²) in [7, 11) is 0. The molecule has 0 spiro atoms. The van der Waals surface area contributed by atoms with E-state index in [1.54, 1.807) is 0 Å². The number of nitriles is 2. The predicted octanol–water partition coefficient (Wildman–Crippen LogP) is 16.4. The molecule has 0 aliphatic rings. The smallest absolute Gasteiger partial charge is 0.212 e. The molecule has 5 nitrogen and oxygen atoms in total. The average Bonchev–Trinajstić information content (AvgIpc) is 3.31. The Morgan fingerprint density at radius 1 is 0.422 bits per heavy atom. The molecule has 0 atom stereocenters. The van der Waals surface area contributed by atoms with Gasteiger partial charge in [0.15, 0.2) is 0 Å². The van der Waals surface area contributed by atoms with Crippen LogP contribution in [0.2, 0.25) is 0 Å². The summed E-state index contributed by atoms with van der Waals surface area (Å²) in [5.41, 5.74) is 14.5. The van der Waals surface area contributed by atoms with Crippen molar-refractivity contribution in [1.82, 2.24) is 0 Å². The van der Waals surface area contributed by atoms with Crippen LogP contribution in [0.3, 0.4) is 0 Å². The first-order valence-electron chi connectivity index (χ1n) is 21.3. The minimum Gasteiger partial charge on any atom is -0.318 e. The fraction of sp³-hybridized carbons (Fsp3) is 0.0678. The highest BCUT2D eigenvalue weighted by molar-refractivity contribution is 6.28. The molecular formula is C59H41N5. The van der Waals surface area contributed by atoms with Crippen molar-refractivity contribution in [3.8, 4) is 34.4 Å². The summed E-state index contributed by atoms with van der Waals surface area (Å²) >= 11 is 0. The highest BCUT2D eigenvalue weighted by Crippen LogP contribution is 2.51. The van der Waals surface area contributed by atoms with Gasteiger partial charge in [0.1, 0.15) is 6.07 Å². The zero-order valence-corrected chi connectivity index (χ0v) is 36.0. The number of hydrogen-bond acceptors (Lipinski definition) is 4. The van der Waals surface area contributed by atoms with Crippen molar-refractivity contribution >= 4 is 72.1 Å². The number of aryl methyl sites for hydroxylation is 4. The lowest BCUT2D eigenvalue weighted by molar-refractivity contribution is 1.25. The Kier molecular flexibility index (Phi) is 9.84. The number of anilines is 6. The molecule has 302 valence electrons. The van der Waals surface area contributed by atoms with E-state index in [0.717, 1.165) is 105 Å². The zero-order valence-electron chi connectivity index (χ0n) is 36.0. The Labute approximate surface area is 373 Å². The largest absolute Gasteiger partial charge is 0.318 e. The van der Waals surface area contributed by atoms with E-state index in [4.69, 9.17) is 6.57 Å². The standard InChI is InChI=1S/C59H41N5/c1-37-26-38(2)29-49(28-37)63(54-23-20-45(32-47(54)35-60)41-12-8-6-9-13-41)55-24-18-43-17-22-52-56(25-19-44-16-21-51(55)57(43)58(44)52)64(50-30-39(3)27-40(4)31-50)59-48(36-61)33-46(34-53(59)62-5)42-14-10-7-11-15-42/h6-34H,1-4H3. The molecule has 5 heteroatoms. The van der Waals surface area contributed by atoms with Crippen molar-refractivity contribution in [3.05, 3.63) is 221 Å². The van der Waals surface area contributed by atoms with E-state index in [1.165, 1.54) is 0 Å². The maximum Gasteiger partial charge on any atom is 0.212 e. The third kappa shape index (κ3) is 6.81. The van der Waals surface area contributed by atoms with Crippen molar-refractivity contribution < 1.29 is 0 Å². The van der Waals surface area contributed by atoms with Gasteiger partial charge in [-0.2, -0.15) is 10.5 Å². The van der Waals surface area contributed by atoms with E-state index >= 15 is 0 Å². The van der Waals surface area contributed by atoms with Gasteiger partial charge in [-0.05, 0) is 154 Å². The number of hydrogen-bond donors (Lipinski definition) is 0. The summed E-state index contributed by atoms with van der Waals surface area (Å²) in [5, 5.41) is 28.1. The molecule has 0 heterocycles. The fourth-order valence-electron chi connectivity index (χ4n) is 9.57. The van der Waals surface area contributed by atoms with Gasteiger partial charge in [0.25, 0.3) is 0 Å². The predicted molar refractivity (Wildman–Crippen MR) is 265 cm³/mol. The Morgan fingerprint density at radius 2 is 0.875 bits per heavy atom. The van der Waals surface area contributed by atoms with Gasteiger partial charge < -0.3 is 9.80 Å². The normalized spacial score (nSPS) is 11.1. The van der Waals surface area contributed by atoms with E-state index in [9.17, 15) is 10.5 Å². The minimum absolute atomic E-state index is 0.390. The van der Waals surface area contributed by atoms with Gasteiger partial charge in [-0.15, -0.1) is 0 Å². The summed E-state index contributed by atoms with van der Waals surface area (Å²) in [6, 6.07) is 65.4. The molecule has 0 fully saturated rings. The van der Waals surface area contributed by atoms with Crippen LogP contribution >= 0.6 is 0 Å². The second-order valence-electron chi connectivity index (χ2n) is 16.6. The summed E-state index contributed by atoms with van der Waals surface area (Å²) in [6.07, 6.45) is 0. The number of rotatable bonds is 8. The average molecular weight is 820 g/mol. The number of nitrogens with zero attached hydrogens (tertiary/aromatic N) is 5. The Bertz CT molecular complexity index is 3510. The van der Waals surface area contributed by atoms with Gasteiger partial charge in [-0.25, -0.2) is 4.85 Å². The summed E-state index contributed by atoms with van der Waals surface area (Å²) in [5.74, 6) is 0. The van der Waals surface area contributed by atoms with Crippen LogP contribution in [0, 0.1) is 56.9 Å². The molecule has 0 aliphatic heterocycles. The second kappa shape index (κ2) is 16.0. The maximum atomic E-state index is 10.9.